The fourth-order valence-electron chi connectivity index (χ4n) is 7.35. The zero-order valence-corrected chi connectivity index (χ0v) is 38.2. The van der Waals surface area contributed by atoms with Crippen LogP contribution in [0.3, 0.4) is 0 Å². The summed E-state index contributed by atoms with van der Waals surface area (Å²) in [6, 6.07) is 37.7. The molecule has 0 atom stereocenters. The van der Waals surface area contributed by atoms with E-state index in [1.54, 1.807) is 0 Å². The summed E-state index contributed by atoms with van der Waals surface area (Å²) in [5, 5.41) is 2.10. The molecule has 0 radical (unpaired) electrons. The monoisotopic (exact) mass is 952 g/mol. The van der Waals surface area contributed by atoms with Gasteiger partial charge >= 0.3 is 0 Å². The van der Waals surface area contributed by atoms with Gasteiger partial charge in [-0.15, -0.1) is 22.7 Å². The van der Waals surface area contributed by atoms with E-state index in [0.717, 1.165) is 93.0 Å². The molecule has 0 spiro atoms. The highest BCUT2D eigenvalue weighted by Crippen LogP contribution is 2.47. The van der Waals surface area contributed by atoms with Crippen molar-refractivity contribution in [2.75, 3.05) is 10.7 Å². The van der Waals surface area contributed by atoms with Crippen molar-refractivity contribution in [3.63, 3.8) is 0 Å². The van der Waals surface area contributed by atoms with Gasteiger partial charge in [-0.2, -0.15) is 0 Å². The molecule has 0 unspecified atom stereocenters. The van der Waals surface area contributed by atoms with Crippen LogP contribution in [0.2, 0.25) is 0 Å². The van der Waals surface area contributed by atoms with Gasteiger partial charge < -0.3 is 0 Å². The van der Waals surface area contributed by atoms with E-state index in [1.165, 1.54) is 69.2 Å². The Labute approximate surface area is 378 Å². The lowest BCUT2D eigenvalue weighted by molar-refractivity contribution is 0.671. The Morgan fingerprint density at radius 3 is 1.00 bits per heavy atom. The zero-order chi connectivity index (χ0) is 40.9. The van der Waals surface area contributed by atoms with Crippen molar-refractivity contribution in [3.05, 3.63) is 145 Å². The molecule has 302 valence electrons. The van der Waals surface area contributed by atoms with Gasteiger partial charge in [-0.25, -0.2) is 9.97 Å². The molecule has 0 saturated heterocycles. The lowest BCUT2D eigenvalue weighted by atomic mass is 10.0. The van der Waals surface area contributed by atoms with Crippen molar-refractivity contribution in [2.45, 2.75) is 64.2 Å². The second-order valence-corrected chi connectivity index (χ2v) is 18.4. The van der Waals surface area contributed by atoms with Gasteiger partial charge in [-0.05, 0) is 146 Å². The number of thiophene rings is 2. The van der Waals surface area contributed by atoms with E-state index in [4.69, 9.17) is 29.9 Å². The Bertz CT molecular complexity index is 2290. The Kier molecular flexibility index (Phi) is 14.8. The zero-order valence-electron chi connectivity index (χ0n) is 33.4. The third-order valence-electron chi connectivity index (χ3n) is 10.4. The predicted octanol–water partition coefficient (Wildman–Crippen LogP) is 14.8. The van der Waals surface area contributed by atoms with Crippen LogP contribution in [0.4, 0.5) is 0 Å². The van der Waals surface area contributed by atoms with Gasteiger partial charge in [-0.3, -0.25) is 19.9 Å². The third kappa shape index (κ3) is 10.6. The molecule has 8 rings (SSSR count). The van der Waals surface area contributed by atoms with Gasteiger partial charge in [0.25, 0.3) is 0 Å². The maximum atomic E-state index is 5.09. The van der Waals surface area contributed by atoms with Gasteiger partial charge in [0, 0.05) is 55.0 Å². The summed E-state index contributed by atoms with van der Waals surface area (Å²) in [6.45, 7) is 0. The number of aromatic nitrogens is 6. The number of hydrogen-bond acceptors (Lipinski definition) is 8. The van der Waals surface area contributed by atoms with Crippen molar-refractivity contribution in [2.24, 2.45) is 0 Å². The van der Waals surface area contributed by atoms with E-state index in [9.17, 15) is 0 Å². The number of nitrogens with zero attached hydrogens (tertiary/aromatic N) is 6. The summed E-state index contributed by atoms with van der Waals surface area (Å²) in [5.74, 6) is 0. The molecule has 0 fully saturated rings. The smallest absolute Gasteiger partial charge is 0.0900 e. The molecule has 8 aromatic rings. The minimum atomic E-state index is 0.840. The van der Waals surface area contributed by atoms with Crippen molar-refractivity contribution in [1.29, 1.82) is 0 Å². The normalized spacial score (nSPS) is 11.3. The molecule has 0 amide bonds. The number of hydrogen-bond donors (Lipinski definition) is 0. The highest BCUT2D eigenvalue weighted by atomic mass is 79.9. The van der Waals surface area contributed by atoms with E-state index in [2.05, 4.69) is 68.3 Å². The molecule has 0 bridgehead atoms. The van der Waals surface area contributed by atoms with Crippen molar-refractivity contribution in [3.8, 4) is 76.2 Å². The molecule has 0 aliphatic carbocycles. The molecule has 10 heteroatoms. The molecule has 0 aliphatic heterocycles. The molecule has 8 aromatic heterocycles. The van der Waals surface area contributed by atoms with Crippen molar-refractivity contribution in [1.82, 2.24) is 29.9 Å². The summed E-state index contributed by atoms with van der Waals surface area (Å²) in [4.78, 5) is 34.2. The molecule has 6 nitrogen and oxygen atoms in total. The fourth-order valence-corrected chi connectivity index (χ4v) is 10.7. The third-order valence-corrected chi connectivity index (χ3v) is 14.2. The van der Waals surface area contributed by atoms with Crippen LogP contribution in [0.5, 0.6) is 0 Å². The molecule has 0 N–H and O–H groups in total. The molecular weight excluding hydrogens is 909 g/mol. The lowest BCUT2D eigenvalue weighted by Crippen LogP contribution is -1.93. The summed E-state index contributed by atoms with van der Waals surface area (Å²) in [7, 11) is 0. The predicted molar refractivity (Wildman–Crippen MR) is 259 cm³/mol. The van der Waals surface area contributed by atoms with E-state index >= 15 is 0 Å². The SMILES string of the molecule is BrCCCCCCc1cc(-c2cc(-c3ccccn3)nc(-c3ccccn3)c2)sc1-c1sc(-c2cc(-c3ccccn3)nc(-c3ccccn3)c2)cc1CCCCCCBr. The first-order valence-corrected chi connectivity index (χ1v) is 24.6. The Morgan fingerprint density at radius 1 is 0.367 bits per heavy atom. The molecule has 0 aromatic carbocycles. The van der Waals surface area contributed by atoms with Crippen LogP contribution < -0.4 is 0 Å². The van der Waals surface area contributed by atoms with Gasteiger partial charge in [0.2, 0.25) is 0 Å². The lowest BCUT2D eigenvalue weighted by Gasteiger charge is -2.08. The summed E-state index contributed by atoms with van der Waals surface area (Å²) in [6.07, 6.45) is 18.9. The quantitative estimate of drug-likeness (QED) is 0.0594. The minimum absolute atomic E-state index is 0.840. The Morgan fingerprint density at radius 2 is 0.700 bits per heavy atom. The van der Waals surface area contributed by atoms with Gasteiger partial charge in [0.05, 0.1) is 45.6 Å². The van der Waals surface area contributed by atoms with E-state index in [0.29, 0.717) is 0 Å². The Balaban J connectivity index is 1.26. The second kappa shape index (κ2) is 21.2. The molecule has 0 aliphatic rings. The van der Waals surface area contributed by atoms with Gasteiger partial charge in [0.15, 0.2) is 0 Å². The van der Waals surface area contributed by atoms with E-state index in [1.807, 2.05) is 120 Å². The maximum Gasteiger partial charge on any atom is 0.0900 e. The largest absolute Gasteiger partial charge is 0.255 e. The molecule has 60 heavy (non-hydrogen) atoms. The average Bonchev–Trinajstić information content (AvgIpc) is 3.94. The number of alkyl halides is 2. The summed E-state index contributed by atoms with van der Waals surface area (Å²) >= 11 is 11.1. The van der Waals surface area contributed by atoms with Crippen LogP contribution in [0, 0.1) is 0 Å². The van der Waals surface area contributed by atoms with Gasteiger partial charge in [0.1, 0.15) is 0 Å². The minimum Gasteiger partial charge on any atom is -0.255 e. The number of aryl methyl sites for hydroxylation is 2. The van der Waals surface area contributed by atoms with Crippen molar-refractivity contribution >= 4 is 54.5 Å². The molecule has 0 saturated carbocycles. The van der Waals surface area contributed by atoms with E-state index < -0.39 is 0 Å². The summed E-state index contributed by atoms with van der Waals surface area (Å²) < 4.78 is 0. The number of halogens is 2. The van der Waals surface area contributed by atoms with Crippen LogP contribution in [-0.2, 0) is 12.8 Å². The number of rotatable bonds is 19. The van der Waals surface area contributed by atoms with Crippen LogP contribution in [0.25, 0.3) is 76.2 Å². The first-order valence-electron chi connectivity index (χ1n) is 20.7. The molecule has 8 heterocycles. The first kappa shape index (κ1) is 42.0. The second-order valence-electron chi connectivity index (χ2n) is 14.7. The summed E-state index contributed by atoms with van der Waals surface area (Å²) in [5.41, 5.74) is 11.8. The van der Waals surface area contributed by atoms with Gasteiger partial charge in [-0.1, -0.05) is 81.8 Å². The highest BCUT2D eigenvalue weighted by Gasteiger charge is 2.22. The van der Waals surface area contributed by atoms with Crippen LogP contribution >= 0.6 is 54.5 Å². The van der Waals surface area contributed by atoms with Crippen LogP contribution in [0.1, 0.15) is 62.5 Å². The topological polar surface area (TPSA) is 77.3 Å². The average molecular weight is 955 g/mol. The van der Waals surface area contributed by atoms with Crippen LogP contribution in [0.15, 0.2) is 134 Å². The first-order chi connectivity index (χ1) is 29.7. The maximum absolute atomic E-state index is 5.09. The number of pyridine rings is 6. The number of unbranched alkanes of at least 4 members (excludes halogenated alkanes) is 6. The van der Waals surface area contributed by atoms with Crippen molar-refractivity contribution < 1.29 is 0 Å². The fraction of sp³-hybridized carbons (Fsp3) is 0.240. The highest BCUT2D eigenvalue weighted by molar-refractivity contribution is 9.09. The Hall–Kier alpha value is -4.74. The molecular formula is C50H46Br2N6S2. The standard InChI is InChI=1S/C50H46Br2N6S2/c51-23-11-3-1-5-17-35-33-47(37-29-43(39-19-7-13-25-53-39)57-44(30-37)40-20-8-14-26-54-40)59-49(35)50-36(18-6-2-4-12-24-52)34-48(60-50)38-31-45(41-21-9-15-27-55-41)58-46(32-38)42-22-10-16-28-56-42/h7-10,13-16,19-22,25-34H,1-6,11-12,17-18,23-24H2. The van der Waals surface area contributed by atoms with E-state index in [-0.39, 0.29) is 0 Å². The van der Waals surface area contributed by atoms with Crippen LogP contribution in [-0.4, -0.2) is 40.6 Å².